The Morgan fingerprint density at radius 1 is 1.19 bits per heavy atom. The quantitative estimate of drug-likeness (QED) is 0.588. The van der Waals surface area contributed by atoms with Gasteiger partial charge in [0.15, 0.2) is 4.77 Å². The molecule has 2 nitrogen and oxygen atoms in total. The highest BCUT2D eigenvalue weighted by atomic mass is 35.5. The fourth-order valence-electron chi connectivity index (χ4n) is 2.46. The first kappa shape index (κ1) is 14.6. The second kappa shape index (κ2) is 5.44. The molecule has 0 aliphatic heterocycles. The summed E-state index contributed by atoms with van der Waals surface area (Å²) >= 11 is 17.5. The van der Waals surface area contributed by atoms with E-state index in [0.717, 1.165) is 11.1 Å². The first-order valence-electron chi connectivity index (χ1n) is 6.32. The summed E-state index contributed by atoms with van der Waals surface area (Å²) < 4.78 is 15.9. The Labute approximate surface area is 136 Å². The molecule has 0 saturated heterocycles. The number of nitrogens with zero attached hydrogens (tertiary/aromatic N) is 1. The van der Waals surface area contributed by atoms with Crippen molar-refractivity contribution in [2.75, 3.05) is 0 Å². The molecular weight excluding hydrogens is 330 g/mol. The van der Waals surface area contributed by atoms with E-state index in [1.54, 1.807) is 6.07 Å². The third-order valence-corrected chi connectivity index (χ3v) is 4.43. The number of hydrogen-bond donors (Lipinski definition) is 1. The van der Waals surface area contributed by atoms with E-state index in [1.807, 2.05) is 35.8 Å². The fourth-order valence-corrected chi connectivity index (χ4v) is 3.28. The van der Waals surface area contributed by atoms with Crippen molar-refractivity contribution in [2.45, 2.75) is 13.0 Å². The van der Waals surface area contributed by atoms with Crippen molar-refractivity contribution in [3.05, 3.63) is 62.6 Å². The number of imidazole rings is 1. The van der Waals surface area contributed by atoms with Crippen LogP contribution in [0.4, 0.5) is 4.39 Å². The zero-order valence-electron chi connectivity index (χ0n) is 11.0. The zero-order valence-corrected chi connectivity index (χ0v) is 13.4. The van der Waals surface area contributed by atoms with Crippen LogP contribution in [0.1, 0.15) is 18.5 Å². The summed E-state index contributed by atoms with van der Waals surface area (Å²) in [6.45, 7) is 1.99. The van der Waals surface area contributed by atoms with Gasteiger partial charge in [0.05, 0.1) is 22.1 Å². The minimum atomic E-state index is -0.474. The van der Waals surface area contributed by atoms with Crippen molar-refractivity contribution >= 4 is 46.5 Å². The van der Waals surface area contributed by atoms with Crippen molar-refractivity contribution < 1.29 is 4.39 Å². The maximum absolute atomic E-state index is 13.6. The predicted octanol–water partition coefficient (Wildman–Crippen LogP) is 5.75. The fraction of sp³-hybridized carbons (Fsp3) is 0.133. The molecule has 0 aliphatic carbocycles. The molecule has 21 heavy (non-hydrogen) atoms. The second-order valence-electron chi connectivity index (χ2n) is 4.78. The molecule has 0 bridgehead atoms. The summed E-state index contributed by atoms with van der Waals surface area (Å²) in [7, 11) is 0. The molecule has 0 spiro atoms. The highest BCUT2D eigenvalue weighted by molar-refractivity contribution is 7.71. The summed E-state index contributed by atoms with van der Waals surface area (Å²) in [6, 6.07) is 10.4. The molecule has 0 radical (unpaired) electrons. The number of nitrogens with one attached hydrogen (secondary N) is 1. The molecule has 0 aliphatic rings. The van der Waals surface area contributed by atoms with E-state index < -0.39 is 5.82 Å². The van der Waals surface area contributed by atoms with Crippen molar-refractivity contribution in [3.63, 3.8) is 0 Å². The molecule has 1 N–H and O–H groups in total. The molecule has 1 aromatic heterocycles. The molecule has 2 aromatic carbocycles. The van der Waals surface area contributed by atoms with E-state index in [-0.39, 0.29) is 11.1 Å². The molecule has 3 rings (SSSR count). The van der Waals surface area contributed by atoms with Gasteiger partial charge in [-0.2, -0.15) is 0 Å². The van der Waals surface area contributed by atoms with Gasteiger partial charge in [-0.25, -0.2) is 4.39 Å². The summed E-state index contributed by atoms with van der Waals surface area (Å²) in [4.78, 5) is 3.00. The molecule has 1 heterocycles. The van der Waals surface area contributed by atoms with Gasteiger partial charge in [-0.3, -0.25) is 0 Å². The number of aromatic amines is 1. The van der Waals surface area contributed by atoms with Gasteiger partial charge in [0.25, 0.3) is 0 Å². The minimum Gasteiger partial charge on any atom is -0.330 e. The highest BCUT2D eigenvalue weighted by Gasteiger charge is 2.16. The number of hydrogen-bond acceptors (Lipinski definition) is 1. The number of aromatic nitrogens is 2. The standard InChI is InChI=1S/C15H11Cl2FN2S/c1-8(9-4-2-3-5-10(9)16)20-14-6-11(17)12(18)7-13(14)19-15(20)21/h2-8H,1H3,(H,19,21). The molecule has 108 valence electrons. The van der Waals surface area contributed by atoms with Gasteiger partial charge in [0, 0.05) is 11.1 Å². The van der Waals surface area contributed by atoms with Gasteiger partial charge < -0.3 is 9.55 Å². The maximum Gasteiger partial charge on any atom is 0.178 e. The van der Waals surface area contributed by atoms with Gasteiger partial charge in [-0.05, 0) is 36.8 Å². The monoisotopic (exact) mass is 340 g/mol. The van der Waals surface area contributed by atoms with E-state index in [2.05, 4.69) is 4.98 Å². The number of rotatable bonds is 2. The van der Waals surface area contributed by atoms with Crippen molar-refractivity contribution in [1.29, 1.82) is 0 Å². The van der Waals surface area contributed by atoms with Gasteiger partial charge >= 0.3 is 0 Å². The SMILES string of the molecule is CC(c1ccccc1Cl)n1c(=S)[nH]c2cc(F)c(Cl)cc21. The van der Waals surface area contributed by atoms with Gasteiger partial charge in [0.1, 0.15) is 5.82 Å². The lowest BCUT2D eigenvalue weighted by Crippen LogP contribution is -2.07. The summed E-state index contributed by atoms with van der Waals surface area (Å²) in [5.41, 5.74) is 2.30. The van der Waals surface area contributed by atoms with Crippen molar-refractivity contribution in [1.82, 2.24) is 9.55 Å². The number of H-pyrrole nitrogens is 1. The van der Waals surface area contributed by atoms with Crippen molar-refractivity contribution in [2.24, 2.45) is 0 Å². The maximum atomic E-state index is 13.6. The van der Waals surface area contributed by atoms with E-state index in [0.29, 0.717) is 15.3 Å². The van der Waals surface area contributed by atoms with Crippen molar-refractivity contribution in [3.8, 4) is 0 Å². The summed E-state index contributed by atoms with van der Waals surface area (Å²) in [5, 5.41) is 0.728. The van der Waals surface area contributed by atoms with Crippen LogP contribution in [0, 0.1) is 10.6 Å². The molecule has 0 saturated carbocycles. The van der Waals surface area contributed by atoms with E-state index in [1.165, 1.54) is 6.07 Å². The third-order valence-electron chi connectivity index (χ3n) is 3.50. The lowest BCUT2D eigenvalue weighted by molar-refractivity contribution is 0.628. The first-order valence-corrected chi connectivity index (χ1v) is 7.49. The van der Waals surface area contributed by atoms with Crippen LogP contribution in [0.15, 0.2) is 36.4 Å². The molecule has 1 unspecified atom stereocenters. The van der Waals surface area contributed by atoms with Crippen LogP contribution < -0.4 is 0 Å². The molecule has 0 amide bonds. The molecule has 6 heteroatoms. The van der Waals surface area contributed by atoms with Crippen LogP contribution in [0.2, 0.25) is 10.0 Å². The van der Waals surface area contributed by atoms with E-state index >= 15 is 0 Å². The number of fused-ring (bicyclic) bond motifs is 1. The van der Waals surface area contributed by atoms with Crippen LogP contribution in [-0.2, 0) is 0 Å². The zero-order chi connectivity index (χ0) is 15.1. The lowest BCUT2D eigenvalue weighted by Gasteiger charge is -2.16. The van der Waals surface area contributed by atoms with Crippen LogP contribution >= 0.6 is 35.4 Å². The van der Waals surface area contributed by atoms with Gasteiger partial charge in [-0.15, -0.1) is 0 Å². The normalized spacial score (nSPS) is 12.8. The van der Waals surface area contributed by atoms with Gasteiger partial charge in [-0.1, -0.05) is 41.4 Å². The summed E-state index contributed by atoms with van der Waals surface area (Å²) in [6.07, 6.45) is 0. The average molecular weight is 341 g/mol. The second-order valence-corrected chi connectivity index (χ2v) is 5.98. The summed E-state index contributed by atoms with van der Waals surface area (Å²) in [5.74, 6) is -0.474. The molecular formula is C15H11Cl2FN2S. The predicted molar refractivity (Wildman–Crippen MR) is 87.4 cm³/mol. The van der Waals surface area contributed by atoms with Crippen LogP contribution in [-0.4, -0.2) is 9.55 Å². The average Bonchev–Trinajstić information content (AvgIpc) is 2.74. The molecule has 3 aromatic rings. The lowest BCUT2D eigenvalue weighted by atomic mass is 10.1. The Balaban J connectivity index is 2.25. The Morgan fingerprint density at radius 2 is 1.90 bits per heavy atom. The minimum absolute atomic E-state index is 0.0663. The topological polar surface area (TPSA) is 20.7 Å². The van der Waals surface area contributed by atoms with Crippen LogP contribution in [0.5, 0.6) is 0 Å². The van der Waals surface area contributed by atoms with E-state index in [9.17, 15) is 4.39 Å². The van der Waals surface area contributed by atoms with Gasteiger partial charge in [0.2, 0.25) is 0 Å². The number of halogens is 3. The Hall–Kier alpha value is -1.36. The Bertz CT molecular complexity index is 885. The van der Waals surface area contributed by atoms with Crippen LogP contribution in [0.25, 0.3) is 11.0 Å². The smallest absolute Gasteiger partial charge is 0.178 e. The third kappa shape index (κ3) is 2.48. The van der Waals surface area contributed by atoms with Crippen LogP contribution in [0.3, 0.4) is 0 Å². The molecule has 0 fully saturated rings. The van der Waals surface area contributed by atoms with E-state index in [4.69, 9.17) is 35.4 Å². The number of benzene rings is 2. The Morgan fingerprint density at radius 3 is 2.62 bits per heavy atom. The Kier molecular flexibility index (Phi) is 3.78. The first-order chi connectivity index (χ1) is 9.99. The molecule has 1 atom stereocenters. The highest BCUT2D eigenvalue weighted by Crippen LogP contribution is 2.30. The largest absolute Gasteiger partial charge is 0.330 e.